The maximum absolute atomic E-state index is 12.4. The van der Waals surface area contributed by atoms with Gasteiger partial charge in [-0.15, -0.1) is 6.42 Å². The molecule has 130 valence electrons. The number of ether oxygens (including phenoxy) is 1. The van der Waals surface area contributed by atoms with Crippen LogP contribution in [-0.4, -0.2) is 32.2 Å². The van der Waals surface area contributed by atoms with Gasteiger partial charge in [0.1, 0.15) is 5.76 Å². The van der Waals surface area contributed by atoms with Gasteiger partial charge in [0.05, 0.1) is 26.0 Å². The van der Waals surface area contributed by atoms with Crippen molar-refractivity contribution < 1.29 is 13.9 Å². The zero-order chi connectivity index (χ0) is 17.5. The highest BCUT2D eigenvalue weighted by Crippen LogP contribution is 2.19. The number of amides is 1. The molecule has 3 rings (SSSR count). The van der Waals surface area contributed by atoms with Gasteiger partial charge in [-0.25, -0.2) is 0 Å². The van der Waals surface area contributed by atoms with Gasteiger partial charge in [0, 0.05) is 30.3 Å². The monoisotopic (exact) mass is 338 g/mol. The van der Waals surface area contributed by atoms with Crippen molar-refractivity contribution in [3.63, 3.8) is 0 Å². The van der Waals surface area contributed by atoms with Crippen LogP contribution in [0.1, 0.15) is 17.7 Å². The molecule has 0 aliphatic carbocycles. The van der Waals surface area contributed by atoms with E-state index in [0.717, 1.165) is 36.6 Å². The Bertz CT molecular complexity index is 728. The van der Waals surface area contributed by atoms with Crippen molar-refractivity contribution in [3.05, 3.63) is 54.0 Å². The summed E-state index contributed by atoms with van der Waals surface area (Å²) in [6.07, 6.45) is 8.13. The van der Waals surface area contributed by atoms with E-state index in [1.54, 1.807) is 6.26 Å². The van der Waals surface area contributed by atoms with Crippen LogP contribution in [0.15, 0.2) is 47.1 Å². The van der Waals surface area contributed by atoms with Gasteiger partial charge < -0.3 is 19.4 Å². The number of nitrogens with one attached hydrogen (secondary N) is 1. The maximum Gasteiger partial charge on any atom is 0.239 e. The lowest BCUT2D eigenvalue weighted by atomic mass is 10.1. The molecule has 1 amide bonds. The number of carbonyl (C=O) groups is 1. The first-order chi connectivity index (χ1) is 12.2. The van der Waals surface area contributed by atoms with Gasteiger partial charge in [0.25, 0.3) is 0 Å². The molecule has 1 fully saturated rings. The number of terminal acetylenes is 1. The summed E-state index contributed by atoms with van der Waals surface area (Å²) in [5, 5.41) is 3.00. The Hall–Kier alpha value is -2.71. The number of benzene rings is 1. The smallest absolute Gasteiger partial charge is 0.239 e. The molecule has 0 radical (unpaired) electrons. The predicted octanol–water partition coefficient (Wildman–Crippen LogP) is 2.42. The standard InChI is InChI=1S/C20H22N2O3/c1-2-16-5-3-6-18(11-16)22(13-19-7-4-9-25-19)14-20(23)21-12-17-8-10-24-15-17/h1,3-7,9,11,17H,8,10,12-15H2,(H,21,23). The Morgan fingerprint density at radius 2 is 2.28 bits per heavy atom. The summed E-state index contributed by atoms with van der Waals surface area (Å²) in [7, 11) is 0. The molecule has 1 aromatic heterocycles. The van der Waals surface area contributed by atoms with E-state index in [9.17, 15) is 4.79 Å². The Kier molecular flexibility index (Phi) is 5.76. The van der Waals surface area contributed by atoms with E-state index >= 15 is 0 Å². The summed E-state index contributed by atoms with van der Waals surface area (Å²) in [5.41, 5.74) is 1.68. The third-order valence-electron chi connectivity index (χ3n) is 4.25. The summed E-state index contributed by atoms with van der Waals surface area (Å²) in [6, 6.07) is 11.3. The number of rotatable bonds is 7. The minimum absolute atomic E-state index is 0.0235. The molecule has 1 unspecified atom stereocenters. The minimum atomic E-state index is -0.0235. The number of hydrogen-bond donors (Lipinski definition) is 1. The lowest BCUT2D eigenvalue weighted by Gasteiger charge is -2.24. The van der Waals surface area contributed by atoms with E-state index in [4.69, 9.17) is 15.6 Å². The van der Waals surface area contributed by atoms with Crippen molar-refractivity contribution >= 4 is 11.6 Å². The SMILES string of the molecule is C#Cc1cccc(N(CC(=O)NCC2CCOC2)Cc2ccco2)c1. The lowest BCUT2D eigenvalue weighted by Crippen LogP contribution is -2.39. The Morgan fingerprint density at radius 1 is 1.36 bits per heavy atom. The van der Waals surface area contributed by atoms with Crippen LogP contribution in [-0.2, 0) is 16.1 Å². The van der Waals surface area contributed by atoms with E-state index in [0.29, 0.717) is 19.0 Å². The highest BCUT2D eigenvalue weighted by Gasteiger charge is 2.18. The topological polar surface area (TPSA) is 54.7 Å². The average molecular weight is 338 g/mol. The van der Waals surface area contributed by atoms with Crippen LogP contribution in [0.4, 0.5) is 5.69 Å². The Morgan fingerprint density at radius 3 is 3.00 bits per heavy atom. The molecule has 1 N–H and O–H groups in total. The first kappa shape index (κ1) is 17.1. The summed E-state index contributed by atoms with van der Waals surface area (Å²) >= 11 is 0. The quantitative estimate of drug-likeness (QED) is 0.788. The third kappa shape index (κ3) is 4.88. The van der Waals surface area contributed by atoms with Crippen molar-refractivity contribution in [2.24, 2.45) is 5.92 Å². The number of nitrogens with zero attached hydrogens (tertiary/aromatic N) is 1. The maximum atomic E-state index is 12.4. The predicted molar refractivity (Wildman–Crippen MR) is 96.1 cm³/mol. The van der Waals surface area contributed by atoms with Gasteiger partial charge in [-0.05, 0) is 36.8 Å². The lowest BCUT2D eigenvalue weighted by molar-refractivity contribution is -0.120. The zero-order valence-electron chi connectivity index (χ0n) is 14.1. The molecule has 5 nitrogen and oxygen atoms in total. The number of hydrogen-bond acceptors (Lipinski definition) is 4. The van der Waals surface area contributed by atoms with Gasteiger partial charge in [0.15, 0.2) is 0 Å². The molecule has 1 aromatic carbocycles. The first-order valence-electron chi connectivity index (χ1n) is 8.43. The number of anilines is 1. The molecule has 1 saturated heterocycles. The number of carbonyl (C=O) groups excluding carboxylic acids is 1. The zero-order valence-corrected chi connectivity index (χ0v) is 14.1. The molecule has 0 saturated carbocycles. The van der Waals surface area contributed by atoms with Gasteiger partial charge in [0.2, 0.25) is 5.91 Å². The van der Waals surface area contributed by atoms with Gasteiger partial charge in [-0.1, -0.05) is 12.0 Å². The fourth-order valence-electron chi connectivity index (χ4n) is 2.85. The van der Waals surface area contributed by atoms with Crippen LogP contribution >= 0.6 is 0 Å². The molecular weight excluding hydrogens is 316 g/mol. The molecule has 1 atom stereocenters. The van der Waals surface area contributed by atoms with Crippen molar-refractivity contribution in [2.45, 2.75) is 13.0 Å². The third-order valence-corrected chi connectivity index (χ3v) is 4.25. The molecule has 1 aliphatic heterocycles. The average Bonchev–Trinajstić information content (AvgIpc) is 3.33. The Balaban J connectivity index is 1.67. The van der Waals surface area contributed by atoms with Gasteiger partial charge >= 0.3 is 0 Å². The van der Waals surface area contributed by atoms with Gasteiger partial charge in [-0.3, -0.25) is 4.79 Å². The van der Waals surface area contributed by atoms with E-state index in [2.05, 4.69) is 11.2 Å². The highest BCUT2D eigenvalue weighted by molar-refractivity contribution is 5.81. The molecule has 0 bridgehead atoms. The van der Waals surface area contributed by atoms with Crippen LogP contribution in [0.2, 0.25) is 0 Å². The molecule has 0 spiro atoms. The van der Waals surface area contributed by atoms with E-state index in [1.807, 2.05) is 41.3 Å². The summed E-state index contributed by atoms with van der Waals surface area (Å²) in [4.78, 5) is 14.4. The largest absolute Gasteiger partial charge is 0.467 e. The molecule has 1 aliphatic rings. The van der Waals surface area contributed by atoms with E-state index in [-0.39, 0.29) is 12.5 Å². The molecule has 2 aromatic rings. The second kappa shape index (κ2) is 8.41. The van der Waals surface area contributed by atoms with Crippen LogP contribution < -0.4 is 10.2 Å². The molecule has 2 heterocycles. The van der Waals surface area contributed by atoms with Crippen LogP contribution in [0.5, 0.6) is 0 Å². The van der Waals surface area contributed by atoms with Crippen molar-refractivity contribution in [3.8, 4) is 12.3 Å². The van der Waals surface area contributed by atoms with Crippen molar-refractivity contribution in [1.82, 2.24) is 5.32 Å². The number of furan rings is 1. The van der Waals surface area contributed by atoms with Crippen LogP contribution in [0.25, 0.3) is 0 Å². The highest BCUT2D eigenvalue weighted by atomic mass is 16.5. The normalized spacial score (nSPS) is 16.4. The van der Waals surface area contributed by atoms with Crippen molar-refractivity contribution in [1.29, 1.82) is 0 Å². The fraction of sp³-hybridized carbons (Fsp3) is 0.350. The van der Waals surface area contributed by atoms with Crippen LogP contribution in [0.3, 0.4) is 0 Å². The molecule has 25 heavy (non-hydrogen) atoms. The summed E-state index contributed by atoms with van der Waals surface area (Å²) < 4.78 is 10.8. The second-order valence-electron chi connectivity index (χ2n) is 6.16. The summed E-state index contributed by atoms with van der Waals surface area (Å²) in [5.74, 6) is 3.81. The molecule has 5 heteroatoms. The van der Waals surface area contributed by atoms with Crippen molar-refractivity contribution in [2.75, 3.05) is 31.2 Å². The van der Waals surface area contributed by atoms with Crippen LogP contribution in [0, 0.1) is 18.3 Å². The Labute approximate surface area is 148 Å². The minimum Gasteiger partial charge on any atom is -0.467 e. The van der Waals surface area contributed by atoms with E-state index in [1.165, 1.54) is 0 Å². The van der Waals surface area contributed by atoms with E-state index < -0.39 is 0 Å². The van der Waals surface area contributed by atoms with Gasteiger partial charge in [-0.2, -0.15) is 0 Å². The fourth-order valence-corrected chi connectivity index (χ4v) is 2.85. The summed E-state index contributed by atoms with van der Waals surface area (Å²) in [6.45, 7) is 2.89. The molecular formula is C20H22N2O3. The first-order valence-corrected chi connectivity index (χ1v) is 8.43. The second-order valence-corrected chi connectivity index (χ2v) is 6.16.